The van der Waals surface area contributed by atoms with E-state index in [1.54, 1.807) is 12.1 Å². The third kappa shape index (κ3) is 3.51. The van der Waals surface area contributed by atoms with Gasteiger partial charge in [-0.25, -0.2) is 0 Å². The summed E-state index contributed by atoms with van der Waals surface area (Å²) in [6, 6.07) is 5.38. The number of para-hydroxylation sites is 1. The van der Waals surface area contributed by atoms with Gasteiger partial charge in [0.15, 0.2) is 0 Å². The maximum Gasteiger partial charge on any atom is 0.302 e. The molecule has 0 bridgehead atoms. The molecule has 0 N–H and O–H groups in total. The SMILES string of the molecule is COc1c(C)cccc1CCS(=O)(=O)F. The second-order valence-electron chi connectivity index (χ2n) is 3.26. The van der Waals surface area contributed by atoms with E-state index in [0.29, 0.717) is 11.3 Å². The lowest BCUT2D eigenvalue weighted by Crippen LogP contribution is -2.04. The van der Waals surface area contributed by atoms with Crippen LogP contribution in [0.3, 0.4) is 0 Å². The third-order valence-corrected chi connectivity index (χ3v) is 2.80. The van der Waals surface area contributed by atoms with Gasteiger partial charge in [-0.05, 0) is 24.5 Å². The van der Waals surface area contributed by atoms with Crippen LogP contribution in [-0.4, -0.2) is 21.3 Å². The number of methoxy groups -OCH3 is 1. The van der Waals surface area contributed by atoms with Crippen molar-refractivity contribution < 1.29 is 17.0 Å². The van der Waals surface area contributed by atoms with E-state index in [4.69, 9.17) is 4.74 Å². The first kappa shape index (κ1) is 12.0. The molecule has 0 aromatic heterocycles. The van der Waals surface area contributed by atoms with Gasteiger partial charge in [0.25, 0.3) is 0 Å². The Morgan fingerprint density at radius 3 is 2.60 bits per heavy atom. The lowest BCUT2D eigenvalue weighted by molar-refractivity contribution is 0.407. The first-order chi connectivity index (χ1) is 6.94. The minimum atomic E-state index is -4.42. The first-order valence-corrected chi connectivity index (χ1v) is 6.04. The molecule has 0 saturated carbocycles. The van der Waals surface area contributed by atoms with Crippen LogP contribution in [0.4, 0.5) is 3.89 Å². The van der Waals surface area contributed by atoms with E-state index in [1.807, 2.05) is 13.0 Å². The number of rotatable bonds is 4. The van der Waals surface area contributed by atoms with Crippen LogP contribution in [0.2, 0.25) is 0 Å². The molecule has 1 aromatic carbocycles. The molecule has 0 radical (unpaired) electrons. The number of halogens is 1. The zero-order chi connectivity index (χ0) is 11.5. The lowest BCUT2D eigenvalue weighted by Gasteiger charge is -2.09. The minimum Gasteiger partial charge on any atom is -0.496 e. The fraction of sp³-hybridized carbons (Fsp3) is 0.400. The van der Waals surface area contributed by atoms with Crippen LogP contribution in [-0.2, 0) is 16.6 Å². The average Bonchev–Trinajstić information content (AvgIpc) is 2.13. The molecule has 1 aromatic rings. The molecule has 0 heterocycles. The van der Waals surface area contributed by atoms with E-state index in [2.05, 4.69) is 0 Å². The van der Waals surface area contributed by atoms with Gasteiger partial charge in [0, 0.05) is 0 Å². The molecule has 3 nitrogen and oxygen atoms in total. The summed E-state index contributed by atoms with van der Waals surface area (Å²) >= 11 is 0. The molecule has 0 unspecified atom stereocenters. The molecule has 0 saturated heterocycles. The summed E-state index contributed by atoms with van der Waals surface area (Å²) in [5.74, 6) is 0.119. The maximum absolute atomic E-state index is 12.3. The third-order valence-electron chi connectivity index (χ3n) is 2.11. The molecule has 0 fully saturated rings. The number of hydrogen-bond donors (Lipinski definition) is 0. The molecule has 15 heavy (non-hydrogen) atoms. The Labute approximate surface area is 89.1 Å². The van der Waals surface area contributed by atoms with Crippen molar-refractivity contribution in [2.75, 3.05) is 12.9 Å². The molecular formula is C10H13FO3S. The van der Waals surface area contributed by atoms with Crippen molar-refractivity contribution in [3.8, 4) is 5.75 Å². The summed E-state index contributed by atoms with van der Waals surface area (Å²) in [6.45, 7) is 1.85. The highest BCUT2D eigenvalue weighted by Gasteiger charge is 2.11. The van der Waals surface area contributed by atoms with Crippen LogP contribution in [0.15, 0.2) is 18.2 Å². The highest BCUT2D eigenvalue weighted by atomic mass is 32.3. The second-order valence-corrected chi connectivity index (χ2v) is 4.75. The predicted octanol–water partition coefficient (Wildman–Crippen LogP) is 1.85. The van der Waals surface area contributed by atoms with E-state index >= 15 is 0 Å². The van der Waals surface area contributed by atoms with Gasteiger partial charge in [0.05, 0.1) is 12.9 Å². The quantitative estimate of drug-likeness (QED) is 0.744. The molecule has 84 valence electrons. The molecule has 1 rings (SSSR count). The number of hydrogen-bond acceptors (Lipinski definition) is 3. The van der Waals surface area contributed by atoms with E-state index in [-0.39, 0.29) is 6.42 Å². The van der Waals surface area contributed by atoms with E-state index in [0.717, 1.165) is 5.56 Å². The normalized spacial score (nSPS) is 11.4. The standard InChI is InChI=1S/C10H13FO3S/c1-8-4-3-5-9(10(8)14-2)6-7-15(11,12)13/h3-5H,6-7H2,1-2H3. The van der Waals surface area contributed by atoms with Gasteiger partial charge in [-0.1, -0.05) is 18.2 Å². The highest BCUT2D eigenvalue weighted by Crippen LogP contribution is 2.23. The summed E-state index contributed by atoms with van der Waals surface area (Å²) < 4.78 is 38.2. The Morgan fingerprint density at radius 1 is 1.40 bits per heavy atom. The average molecular weight is 232 g/mol. The van der Waals surface area contributed by atoms with Crippen LogP contribution in [0, 0.1) is 6.92 Å². The zero-order valence-electron chi connectivity index (χ0n) is 8.66. The zero-order valence-corrected chi connectivity index (χ0v) is 9.47. The topological polar surface area (TPSA) is 43.4 Å². The van der Waals surface area contributed by atoms with Crippen molar-refractivity contribution in [1.82, 2.24) is 0 Å². The molecule has 0 aliphatic carbocycles. The minimum absolute atomic E-state index is 0.129. The Balaban J connectivity index is 2.90. The van der Waals surface area contributed by atoms with Gasteiger partial charge in [0.1, 0.15) is 5.75 Å². The van der Waals surface area contributed by atoms with Crippen molar-refractivity contribution in [1.29, 1.82) is 0 Å². The van der Waals surface area contributed by atoms with Crippen LogP contribution < -0.4 is 4.74 Å². The Morgan fingerprint density at radius 2 is 2.07 bits per heavy atom. The molecule has 0 atom stereocenters. The highest BCUT2D eigenvalue weighted by molar-refractivity contribution is 7.86. The van der Waals surface area contributed by atoms with Crippen molar-refractivity contribution in [3.05, 3.63) is 29.3 Å². The summed E-state index contributed by atoms with van der Waals surface area (Å²) in [6.07, 6.45) is 0.129. The Kier molecular flexibility index (Phi) is 3.68. The maximum atomic E-state index is 12.3. The van der Waals surface area contributed by atoms with E-state index in [1.165, 1.54) is 7.11 Å². The summed E-state index contributed by atoms with van der Waals surface area (Å²) in [5, 5.41) is 0. The molecular weight excluding hydrogens is 219 g/mol. The van der Waals surface area contributed by atoms with Gasteiger partial charge in [-0.3, -0.25) is 0 Å². The smallest absolute Gasteiger partial charge is 0.302 e. The Bertz CT molecular complexity index is 440. The van der Waals surface area contributed by atoms with Gasteiger partial charge in [0.2, 0.25) is 0 Å². The molecule has 0 aliphatic rings. The van der Waals surface area contributed by atoms with Gasteiger partial charge in [-0.15, -0.1) is 3.89 Å². The number of aryl methyl sites for hydroxylation is 2. The fourth-order valence-corrected chi connectivity index (χ4v) is 1.90. The van der Waals surface area contributed by atoms with Gasteiger partial charge >= 0.3 is 10.2 Å². The fourth-order valence-electron chi connectivity index (χ4n) is 1.43. The number of benzene rings is 1. The predicted molar refractivity (Wildman–Crippen MR) is 56.3 cm³/mol. The van der Waals surface area contributed by atoms with Crippen molar-refractivity contribution in [3.63, 3.8) is 0 Å². The van der Waals surface area contributed by atoms with Crippen LogP contribution in [0.25, 0.3) is 0 Å². The number of ether oxygens (including phenoxy) is 1. The van der Waals surface area contributed by atoms with Crippen molar-refractivity contribution >= 4 is 10.2 Å². The van der Waals surface area contributed by atoms with Crippen LogP contribution in [0.5, 0.6) is 5.75 Å². The first-order valence-electron chi connectivity index (χ1n) is 4.49. The van der Waals surface area contributed by atoms with E-state index in [9.17, 15) is 12.3 Å². The van der Waals surface area contributed by atoms with Gasteiger partial charge in [-0.2, -0.15) is 8.42 Å². The van der Waals surface area contributed by atoms with Crippen molar-refractivity contribution in [2.45, 2.75) is 13.3 Å². The van der Waals surface area contributed by atoms with Crippen molar-refractivity contribution in [2.24, 2.45) is 0 Å². The lowest BCUT2D eigenvalue weighted by atomic mass is 10.1. The second kappa shape index (κ2) is 4.61. The molecule has 0 amide bonds. The Hall–Kier alpha value is -1.10. The molecule has 0 spiro atoms. The van der Waals surface area contributed by atoms with E-state index < -0.39 is 16.0 Å². The largest absolute Gasteiger partial charge is 0.496 e. The van der Waals surface area contributed by atoms with Crippen LogP contribution in [0.1, 0.15) is 11.1 Å². The molecule has 5 heteroatoms. The summed E-state index contributed by atoms with van der Waals surface area (Å²) in [7, 11) is -2.91. The molecule has 0 aliphatic heterocycles. The summed E-state index contributed by atoms with van der Waals surface area (Å²) in [5.41, 5.74) is 1.62. The van der Waals surface area contributed by atoms with Crippen LogP contribution >= 0.6 is 0 Å². The monoisotopic (exact) mass is 232 g/mol. The summed E-state index contributed by atoms with van der Waals surface area (Å²) in [4.78, 5) is 0. The van der Waals surface area contributed by atoms with Gasteiger partial charge < -0.3 is 4.74 Å².